The predicted molar refractivity (Wildman–Crippen MR) is 103 cm³/mol. The average molecular weight is 397 g/mol. The molecule has 0 bridgehead atoms. The second kappa shape index (κ2) is 7.74. The fourth-order valence-electron chi connectivity index (χ4n) is 3.16. The fourth-order valence-corrected chi connectivity index (χ4v) is 3.16. The average Bonchev–Trinajstić information content (AvgIpc) is 3.16. The summed E-state index contributed by atoms with van der Waals surface area (Å²) in [6.07, 6.45) is 4.77. The van der Waals surface area contributed by atoms with Gasteiger partial charge in [-0.05, 0) is 18.2 Å². The van der Waals surface area contributed by atoms with Crippen LogP contribution < -0.4 is 14.8 Å². The number of methoxy groups -OCH3 is 2. The number of carbonyl (C=O) groups is 2. The molecule has 10 nitrogen and oxygen atoms in total. The van der Waals surface area contributed by atoms with E-state index in [9.17, 15) is 9.59 Å². The number of nitrogens with one attached hydrogen (secondary N) is 1. The highest BCUT2D eigenvalue weighted by atomic mass is 16.5. The van der Waals surface area contributed by atoms with E-state index in [1.54, 1.807) is 35.3 Å². The minimum absolute atomic E-state index is 0.0830. The van der Waals surface area contributed by atoms with Gasteiger partial charge in [-0.25, -0.2) is 9.79 Å². The van der Waals surface area contributed by atoms with Crippen molar-refractivity contribution in [1.82, 2.24) is 15.0 Å². The number of ether oxygens (including phenoxy) is 2. The molecule has 1 N–H and O–H groups in total. The van der Waals surface area contributed by atoms with E-state index in [2.05, 4.69) is 20.4 Å². The van der Waals surface area contributed by atoms with Crippen molar-refractivity contribution in [2.24, 2.45) is 4.99 Å². The lowest BCUT2D eigenvalue weighted by molar-refractivity contribution is -0.118. The standard InChI is InChI=1S/C19H19N5O5/c1-27-14-7-3-6-13(15(14)28-2)21-19(26)24-9-11(10-24)18-22-16(23-29-18)12-5-4-8-20-17(12)25/h3-8,11-12H,9-10H2,1-2H3,(H,21,26). The second-order valence-corrected chi connectivity index (χ2v) is 6.54. The molecular weight excluding hydrogens is 378 g/mol. The third kappa shape index (κ3) is 3.56. The summed E-state index contributed by atoms with van der Waals surface area (Å²) in [5.74, 6) is 0.621. The Labute approximate surface area is 166 Å². The van der Waals surface area contributed by atoms with Gasteiger partial charge in [0.05, 0.1) is 25.8 Å². The van der Waals surface area contributed by atoms with Crippen LogP contribution in [0.3, 0.4) is 0 Å². The zero-order valence-corrected chi connectivity index (χ0v) is 15.9. The molecule has 0 spiro atoms. The Balaban J connectivity index is 1.37. The smallest absolute Gasteiger partial charge is 0.321 e. The summed E-state index contributed by atoms with van der Waals surface area (Å²) >= 11 is 0. The third-order valence-electron chi connectivity index (χ3n) is 4.76. The van der Waals surface area contributed by atoms with Crippen LogP contribution >= 0.6 is 0 Å². The first kappa shape index (κ1) is 18.7. The highest BCUT2D eigenvalue weighted by molar-refractivity contribution is 5.97. The summed E-state index contributed by atoms with van der Waals surface area (Å²) < 4.78 is 15.9. The first-order valence-corrected chi connectivity index (χ1v) is 8.95. The molecule has 0 aliphatic carbocycles. The summed E-state index contributed by atoms with van der Waals surface area (Å²) in [5, 5.41) is 6.71. The first-order chi connectivity index (χ1) is 14.1. The number of aliphatic imine (C=N–C) groups is 1. The molecule has 2 aliphatic rings. The normalized spacial score (nSPS) is 18.5. The van der Waals surface area contributed by atoms with Gasteiger partial charge in [0, 0.05) is 19.3 Å². The summed E-state index contributed by atoms with van der Waals surface area (Å²) in [5.41, 5.74) is 0.517. The molecule has 3 amide bonds. The maximum atomic E-state index is 12.5. The Kier molecular flexibility index (Phi) is 4.98. The number of likely N-dealkylation sites (tertiary alicyclic amines) is 1. The molecule has 150 valence electrons. The van der Waals surface area contributed by atoms with Gasteiger partial charge >= 0.3 is 6.03 Å². The van der Waals surface area contributed by atoms with Crippen LogP contribution in [-0.4, -0.2) is 60.5 Å². The van der Waals surface area contributed by atoms with Crippen LogP contribution in [-0.2, 0) is 4.79 Å². The Hall–Kier alpha value is -3.69. The highest BCUT2D eigenvalue weighted by Gasteiger charge is 2.37. The molecule has 1 saturated heterocycles. The van der Waals surface area contributed by atoms with Gasteiger partial charge in [-0.2, -0.15) is 4.98 Å². The lowest BCUT2D eigenvalue weighted by Gasteiger charge is -2.37. The molecule has 2 aromatic rings. The minimum Gasteiger partial charge on any atom is -0.493 e. The quantitative estimate of drug-likeness (QED) is 0.819. The number of hydrogen-bond donors (Lipinski definition) is 1. The summed E-state index contributed by atoms with van der Waals surface area (Å²) in [7, 11) is 3.04. The number of benzene rings is 1. The number of aromatic nitrogens is 2. The van der Waals surface area contributed by atoms with Crippen LogP contribution in [0, 0.1) is 0 Å². The van der Waals surface area contributed by atoms with Gasteiger partial charge in [-0.1, -0.05) is 17.3 Å². The number of amides is 3. The number of para-hydroxylation sites is 1. The van der Waals surface area contributed by atoms with Gasteiger partial charge in [0.15, 0.2) is 17.3 Å². The molecular formula is C19H19N5O5. The van der Waals surface area contributed by atoms with Crippen molar-refractivity contribution in [1.29, 1.82) is 0 Å². The number of urea groups is 1. The molecule has 0 saturated carbocycles. The molecule has 1 unspecified atom stereocenters. The maximum Gasteiger partial charge on any atom is 0.321 e. The first-order valence-electron chi connectivity index (χ1n) is 8.95. The van der Waals surface area contributed by atoms with E-state index < -0.39 is 5.92 Å². The fraction of sp³-hybridized carbons (Fsp3) is 0.316. The number of nitrogens with zero attached hydrogens (tertiary/aromatic N) is 4. The molecule has 4 rings (SSSR count). The lowest BCUT2D eigenvalue weighted by atomic mass is 10.0. The van der Waals surface area contributed by atoms with Crippen LogP contribution in [0.4, 0.5) is 10.5 Å². The number of dihydropyridines is 1. The van der Waals surface area contributed by atoms with Crippen molar-refractivity contribution in [3.05, 3.63) is 42.1 Å². The monoisotopic (exact) mass is 397 g/mol. The van der Waals surface area contributed by atoms with Crippen LogP contribution in [0.5, 0.6) is 11.5 Å². The van der Waals surface area contributed by atoms with Crippen LogP contribution in [0.15, 0.2) is 39.9 Å². The molecule has 1 atom stereocenters. The molecule has 10 heteroatoms. The predicted octanol–water partition coefficient (Wildman–Crippen LogP) is 1.97. The van der Waals surface area contributed by atoms with E-state index in [1.165, 1.54) is 20.4 Å². The van der Waals surface area contributed by atoms with Gasteiger partial charge in [0.25, 0.3) is 5.91 Å². The zero-order chi connectivity index (χ0) is 20.4. The van der Waals surface area contributed by atoms with Gasteiger partial charge in [0.2, 0.25) is 5.89 Å². The van der Waals surface area contributed by atoms with Crippen LogP contribution in [0.25, 0.3) is 0 Å². The van der Waals surface area contributed by atoms with Crippen molar-refractivity contribution in [2.75, 3.05) is 32.6 Å². The summed E-state index contributed by atoms with van der Waals surface area (Å²) in [6.45, 7) is 0.846. The lowest BCUT2D eigenvalue weighted by Crippen LogP contribution is -2.50. The topological polar surface area (TPSA) is 119 Å². The Morgan fingerprint density at radius 1 is 1.28 bits per heavy atom. The summed E-state index contributed by atoms with van der Waals surface area (Å²) in [4.78, 5) is 34.0. The van der Waals surface area contributed by atoms with Gasteiger partial charge in [0.1, 0.15) is 5.92 Å². The Morgan fingerprint density at radius 3 is 2.83 bits per heavy atom. The third-order valence-corrected chi connectivity index (χ3v) is 4.76. The van der Waals surface area contributed by atoms with E-state index in [0.717, 1.165) is 0 Å². The number of hydrogen-bond acceptors (Lipinski definition) is 7. The zero-order valence-electron chi connectivity index (χ0n) is 15.9. The second-order valence-electron chi connectivity index (χ2n) is 6.54. The van der Waals surface area contributed by atoms with E-state index in [-0.39, 0.29) is 23.7 Å². The molecule has 3 heterocycles. The SMILES string of the molecule is COc1cccc(NC(=O)N2CC(c3nc(C4C=CC=NC4=O)no3)C2)c1OC. The maximum absolute atomic E-state index is 12.5. The molecule has 1 aromatic carbocycles. The van der Waals surface area contributed by atoms with Crippen molar-refractivity contribution in [2.45, 2.75) is 11.8 Å². The number of carbonyl (C=O) groups excluding carboxylic acids is 2. The minimum atomic E-state index is -0.627. The van der Waals surface area contributed by atoms with Crippen LogP contribution in [0.2, 0.25) is 0 Å². The van der Waals surface area contributed by atoms with Crippen molar-refractivity contribution in [3.8, 4) is 11.5 Å². The number of allylic oxidation sites excluding steroid dienone is 1. The van der Waals surface area contributed by atoms with E-state index in [4.69, 9.17) is 14.0 Å². The van der Waals surface area contributed by atoms with Crippen molar-refractivity contribution in [3.63, 3.8) is 0 Å². The van der Waals surface area contributed by atoms with Crippen molar-refractivity contribution < 1.29 is 23.6 Å². The number of rotatable bonds is 5. The number of anilines is 1. The van der Waals surface area contributed by atoms with Gasteiger partial charge < -0.3 is 24.2 Å². The van der Waals surface area contributed by atoms with E-state index >= 15 is 0 Å². The molecule has 0 radical (unpaired) electrons. The van der Waals surface area contributed by atoms with E-state index in [1.807, 2.05) is 0 Å². The molecule has 29 heavy (non-hydrogen) atoms. The van der Waals surface area contributed by atoms with Gasteiger partial charge in [-0.15, -0.1) is 0 Å². The molecule has 2 aliphatic heterocycles. The highest BCUT2D eigenvalue weighted by Crippen LogP contribution is 2.35. The molecule has 1 aromatic heterocycles. The van der Waals surface area contributed by atoms with Crippen LogP contribution in [0.1, 0.15) is 23.6 Å². The van der Waals surface area contributed by atoms with Crippen molar-refractivity contribution >= 4 is 23.8 Å². The van der Waals surface area contributed by atoms with Gasteiger partial charge in [-0.3, -0.25) is 4.79 Å². The molecule has 1 fully saturated rings. The summed E-state index contributed by atoms with van der Waals surface area (Å²) in [6, 6.07) is 4.98. The Morgan fingerprint density at radius 2 is 2.10 bits per heavy atom. The largest absolute Gasteiger partial charge is 0.493 e. The Bertz CT molecular complexity index is 993. The van der Waals surface area contributed by atoms with E-state index in [0.29, 0.717) is 36.2 Å².